The van der Waals surface area contributed by atoms with Crippen LogP contribution in [0, 0.1) is 6.92 Å². The van der Waals surface area contributed by atoms with Gasteiger partial charge in [-0.05, 0) is 67.1 Å². The van der Waals surface area contributed by atoms with Crippen molar-refractivity contribution in [2.45, 2.75) is 40.2 Å². The summed E-state index contributed by atoms with van der Waals surface area (Å²) < 4.78 is 7.82. The maximum Gasteiger partial charge on any atom is 0.310 e. The number of aromatic nitrogens is 1. The predicted molar refractivity (Wildman–Crippen MR) is 144 cm³/mol. The summed E-state index contributed by atoms with van der Waals surface area (Å²) in [6.45, 7) is 6.71. The van der Waals surface area contributed by atoms with E-state index in [-0.39, 0.29) is 37.0 Å². The Bertz CT molecular complexity index is 1380. The largest absolute Gasteiger partial charge is 0.466 e. The van der Waals surface area contributed by atoms with Crippen LogP contribution in [0.3, 0.4) is 0 Å². The number of rotatable bonds is 10. The lowest BCUT2D eigenvalue weighted by Gasteiger charge is -2.22. The first-order chi connectivity index (χ1) is 17.4. The molecule has 0 aliphatic heterocycles. The molecule has 0 radical (unpaired) electrons. The third kappa shape index (κ3) is 5.74. The number of amides is 1. The zero-order chi connectivity index (χ0) is 25.7. The minimum atomic E-state index is -0.268. The van der Waals surface area contributed by atoms with Gasteiger partial charge in [0.05, 0.1) is 28.9 Å². The lowest BCUT2D eigenvalue weighted by Crippen LogP contribution is -2.34. The molecule has 0 aliphatic rings. The van der Waals surface area contributed by atoms with Crippen LogP contribution in [-0.4, -0.2) is 35.4 Å². The van der Waals surface area contributed by atoms with Gasteiger partial charge in [0, 0.05) is 18.7 Å². The van der Waals surface area contributed by atoms with E-state index in [9.17, 15) is 14.4 Å². The van der Waals surface area contributed by atoms with Gasteiger partial charge in [-0.3, -0.25) is 14.4 Å². The van der Waals surface area contributed by atoms with Gasteiger partial charge in [-0.1, -0.05) is 36.4 Å². The Hall–Kier alpha value is -3.71. The van der Waals surface area contributed by atoms with Crippen molar-refractivity contribution >= 4 is 44.9 Å². The second-order valence-corrected chi connectivity index (χ2v) is 9.61. The molecule has 0 aliphatic carbocycles. The number of likely N-dealkylation sites (N-methyl/N-ethyl adjacent to an activating group) is 1. The van der Waals surface area contributed by atoms with Gasteiger partial charge in [-0.25, -0.2) is 0 Å². The SMILES string of the molecule is CCOC(=O)Cc1ccc(CC(=O)c2cc3sccc3n2CC(=O)N(CC)c2cccc(C)c2)cc1. The molecule has 7 heteroatoms. The summed E-state index contributed by atoms with van der Waals surface area (Å²) in [5, 5.41) is 1.97. The Morgan fingerprint density at radius 3 is 2.33 bits per heavy atom. The zero-order valence-electron chi connectivity index (χ0n) is 20.8. The number of ether oxygens (including phenoxy) is 1. The molecular weight excluding hydrogens is 472 g/mol. The quantitative estimate of drug-likeness (QED) is 0.209. The van der Waals surface area contributed by atoms with Crippen molar-refractivity contribution < 1.29 is 19.1 Å². The molecule has 186 valence electrons. The third-order valence-electron chi connectivity index (χ3n) is 6.07. The summed E-state index contributed by atoms with van der Waals surface area (Å²) >= 11 is 1.56. The molecule has 0 saturated heterocycles. The highest BCUT2D eigenvalue weighted by Gasteiger charge is 2.22. The average Bonchev–Trinajstić information content (AvgIpc) is 3.44. The number of thiophene rings is 1. The van der Waals surface area contributed by atoms with E-state index in [1.165, 1.54) is 0 Å². The number of carbonyl (C=O) groups is 3. The number of esters is 1. The summed E-state index contributed by atoms with van der Waals surface area (Å²) in [4.78, 5) is 40.2. The van der Waals surface area contributed by atoms with Crippen molar-refractivity contribution in [3.05, 3.63) is 88.4 Å². The lowest BCUT2D eigenvalue weighted by molar-refractivity contribution is -0.142. The number of fused-ring (bicyclic) bond motifs is 1. The van der Waals surface area contributed by atoms with Crippen molar-refractivity contribution in [1.29, 1.82) is 0 Å². The normalized spacial score (nSPS) is 11.0. The summed E-state index contributed by atoms with van der Waals surface area (Å²) in [5.41, 5.74) is 5.05. The van der Waals surface area contributed by atoms with Crippen LogP contribution in [0.15, 0.2) is 66.0 Å². The van der Waals surface area contributed by atoms with E-state index in [2.05, 4.69) is 0 Å². The molecule has 0 saturated carbocycles. The number of anilines is 1. The Kier molecular flexibility index (Phi) is 8.00. The summed E-state index contributed by atoms with van der Waals surface area (Å²) in [6.07, 6.45) is 0.415. The first-order valence-electron chi connectivity index (χ1n) is 12.1. The number of ketones is 1. The van der Waals surface area contributed by atoms with E-state index in [4.69, 9.17) is 4.74 Å². The fourth-order valence-corrected chi connectivity index (χ4v) is 5.15. The van der Waals surface area contributed by atoms with Crippen molar-refractivity contribution in [1.82, 2.24) is 4.57 Å². The Morgan fingerprint density at radius 1 is 0.944 bits per heavy atom. The van der Waals surface area contributed by atoms with E-state index < -0.39 is 0 Å². The first-order valence-corrected chi connectivity index (χ1v) is 13.0. The number of nitrogens with zero attached hydrogens (tertiary/aromatic N) is 2. The van der Waals surface area contributed by atoms with Gasteiger partial charge in [-0.15, -0.1) is 11.3 Å². The standard InChI is InChI=1S/C29H30N2O4S/c1-4-30(23-8-6-7-20(3)15-23)28(33)19-31-24-13-14-36-27(24)18-25(31)26(32)16-21-9-11-22(12-10-21)17-29(34)35-5-2/h6-15,18H,4-5,16-17,19H2,1-3H3. The molecule has 0 N–H and O–H groups in total. The molecule has 6 nitrogen and oxygen atoms in total. The molecule has 0 spiro atoms. The van der Waals surface area contributed by atoms with Crippen LogP contribution in [0.1, 0.15) is 41.0 Å². The molecule has 0 atom stereocenters. The number of hydrogen-bond donors (Lipinski definition) is 0. The van der Waals surface area contributed by atoms with Crippen LogP contribution >= 0.6 is 11.3 Å². The Labute approximate surface area is 215 Å². The number of hydrogen-bond acceptors (Lipinski definition) is 5. The molecule has 2 aromatic heterocycles. The maximum atomic E-state index is 13.4. The monoisotopic (exact) mass is 502 g/mol. The molecule has 2 heterocycles. The van der Waals surface area contributed by atoms with Gasteiger partial charge in [0.1, 0.15) is 6.54 Å². The predicted octanol–water partition coefficient (Wildman–Crippen LogP) is 5.60. The average molecular weight is 503 g/mol. The number of aryl methyl sites for hydroxylation is 1. The molecule has 36 heavy (non-hydrogen) atoms. The van der Waals surface area contributed by atoms with Crippen molar-refractivity contribution in [2.24, 2.45) is 0 Å². The molecule has 2 aromatic carbocycles. The second-order valence-electron chi connectivity index (χ2n) is 8.66. The van der Waals surface area contributed by atoms with E-state index in [0.717, 1.165) is 32.6 Å². The highest BCUT2D eigenvalue weighted by atomic mass is 32.1. The number of carbonyl (C=O) groups excluding carboxylic acids is 3. The summed E-state index contributed by atoms with van der Waals surface area (Å²) in [7, 11) is 0. The van der Waals surface area contributed by atoms with Gasteiger partial charge < -0.3 is 14.2 Å². The summed E-state index contributed by atoms with van der Waals surface area (Å²) in [5.74, 6) is -0.386. The maximum absolute atomic E-state index is 13.4. The minimum absolute atomic E-state index is 0.0528. The highest BCUT2D eigenvalue weighted by molar-refractivity contribution is 7.17. The third-order valence-corrected chi connectivity index (χ3v) is 6.93. The Morgan fingerprint density at radius 2 is 1.67 bits per heavy atom. The fourth-order valence-electron chi connectivity index (χ4n) is 4.33. The van der Waals surface area contributed by atoms with Crippen molar-refractivity contribution in [3.63, 3.8) is 0 Å². The van der Waals surface area contributed by atoms with E-state index >= 15 is 0 Å². The van der Waals surface area contributed by atoms with Gasteiger partial charge >= 0.3 is 5.97 Å². The number of Topliss-reactive ketones (excluding diaryl/α,β-unsaturated/α-hetero) is 1. The minimum Gasteiger partial charge on any atom is -0.466 e. The van der Waals surface area contributed by atoms with Crippen LogP contribution in [-0.2, 0) is 33.7 Å². The second kappa shape index (κ2) is 11.4. The Balaban J connectivity index is 1.54. The van der Waals surface area contributed by atoms with Crippen LogP contribution in [0.2, 0.25) is 0 Å². The highest BCUT2D eigenvalue weighted by Crippen LogP contribution is 2.27. The van der Waals surface area contributed by atoms with E-state index in [1.54, 1.807) is 23.2 Å². The van der Waals surface area contributed by atoms with Crippen LogP contribution in [0.5, 0.6) is 0 Å². The van der Waals surface area contributed by atoms with Crippen molar-refractivity contribution in [3.8, 4) is 0 Å². The molecular formula is C29H30N2O4S. The first kappa shape index (κ1) is 25.4. The van der Waals surface area contributed by atoms with Gasteiger partial charge in [0.25, 0.3) is 0 Å². The lowest BCUT2D eigenvalue weighted by atomic mass is 10.0. The van der Waals surface area contributed by atoms with E-state index in [1.807, 2.05) is 84.5 Å². The fraction of sp³-hybridized carbons (Fsp3) is 0.276. The molecule has 0 bridgehead atoms. The molecule has 0 fully saturated rings. The zero-order valence-corrected chi connectivity index (χ0v) is 21.6. The van der Waals surface area contributed by atoms with Crippen molar-refractivity contribution in [2.75, 3.05) is 18.1 Å². The molecule has 0 unspecified atom stereocenters. The van der Waals surface area contributed by atoms with Gasteiger partial charge in [-0.2, -0.15) is 0 Å². The van der Waals surface area contributed by atoms with Gasteiger partial charge in [0.2, 0.25) is 5.91 Å². The molecule has 1 amide bonds. The molecule has 4 aromatic rings. The van der Waals surface area contributed by atoms with Crippen LogP contribution < -0.4 is 4.90 Å². The van der Waals surface area contributed by atoms with Crippen LogP contribution in [0.25, 0.3) is 10.2 Å². The number of benzene rings is 2. The van der Waals surface area contributed by atoms with E-state index in [0.29, 0.717) is 18.8 Å². The smallest absolute Gasteiger partial charge is 0.310 e. The molecule has 4 rings (SSSR count). The van der Waals surface area contributed by atoms with Gasteiger partial charge in [0.15, 0.2) is 5.78 Å². The topological polar surface area (TPSA) is 68.6 Å². The summed E-state index contributed by atoms with van der Waals surface area (Å²) in [6, 6.07) is 19.1. The van der Waals surface area contributed by atoms with Crippen LogP contribution in [0.4, 0.5) is 5.69 Å².